The third-order valence-electron chi connectivity index (χ3n) is 5.09. The zero-order chi connectivity index (χ0) is 22.5. The van der Waals surface area contributed by atoms with Crippen LogP contribution in [0.1, 0.15) is 37.0 Å². The number of ether oxygens (including phenoxy) is 1. The first-order valence-corrected chi connectivity index (χ1v) is 12.4. The third kappa shape index (κ3) is 5.36. The van der Waals surface area contributed by atoms with Crippen LogP contribution in [0.25, 0.3) is 10.3 Å². The van der Waals surface area contributed by atoms with Crippen LogP contribution >= 0.6 is 23.1 Å². The summed E-state index contributed by atoms with van der Waals surface area (Å²) in [7, 11) is 0. The normalized spacial score (nSPS) is 16.2. The Morgan fingerprint density at radius 2 is 2.09 bits per heavy atom. The quantitative estimate of drug-likeness (QED) is 0.311. The number of amides is 1. The number of rotatable bonds is 7. The van der Waals surface area contributed by atoms with Crippen LogP contribution in [0.4, 0.5) is 10.8 Å². The standard InChI is InChI=1S/C22H25N5O3S2/c1-3-30-21(29)15-6-8-16(9-7-15)25-17(28)12-31-20-18-19(23-13-24-20)26-22(32-18)27-10-4-5-14(2)11-27/h6-9,13-14H,3-5,10-12H2,1-2H3,(H,25,28)/t14-/m0/s1. The first-order chi connectivity index (χ1) is 15.5. The number of piperidine rings is 1. The van der Waals surface area contributed by atoms with Gasteiger partial charge in [0.25, 0.3) is 0 Å². The highest BCUT2D eigenvalue weighted by Crippen LogP contribution is 2.35. The Bertz CT molecular complexity index is 1100. The number of carbonyl (C=O) groups excluding carboxylic acids is 2. The molecule has 1 saturated heterocycles. The maximum atomic E-state index is 12.4. The SMILES string of the molecule is CCOC(=O)c1ccc(NC(=O)CSc2ncnc3nc(N4CCC[C@H](C)C4)sc23)cc1. The molecule has 32 heavy (non-hydrogen) atoms. The molecule has 1 aromatic carbocycles. The minimum absolute atomic E-state index is 0.153. The van der Waals surface area contributed by atoms with Gasteiger partial charge in [0.1, 0.15) is 16.1 Å². The van der Waals surface area contributed by atoms with Gasteiger partial charge in [0.05, 0.1) is 17.9 Å². The molecule has 0 spiro atoms. The Kier molecular flexibility index (Phi) is 7.21. The van der Waals surface area contributed by atoms with Crippen LogP contribution in [0.5, 0.6) is 0 Å². The first kappa shape index (κ1) is 22.5. The molecule has 8 nitrogen and oxygen atoms in total. The Hall–Kier alpha value is -2.72. The lowest BCUT2D eigenvalue weighted by atomic mass is 10.0. The largest absolute Gasteiger partial charge is 0.462 e. The van der Waals surface area contributed by atoms with E-state index in [1.807, 2.05) is 0 Å². The number of thiazole rings is 1. The molecule has 0 unspecified atom stereocenters. The van der Waals surface area contributed by atoms with E-state index in [-0.39, 0.29) is 17.6 Å². The summed E-state index contributed by atoms with van der Waals surface area (Å²) in [6.45, 7) is 6.37. The predicted molar refractivity (Wildman–Crippen MR) is 128 cm³/mol. The minimum atomic E-state index is -0.378. The van der Waals surface area contributed by atoms with E-state index in [0.717, 1.165) is 27.9 Å². The summed E-state index contributed by atoms with van der Waals surface area (Å²) in [5.74, 6) is 0.335. The van der Waals surface area contributed by atoms with Crippen LogP contribution in [0.15, 0.2) is 35.6 Å². The Morgan fingerprint density at radius 3 is 2.84 bits per heavy atom. The molecule has 0 saturated carbocycles. The van der Waals surface area contributed by atoms with Crippen LogP contribution in [-0.2, 0) is 9.53 Å². The summed E-state index contributed by atoms with van der Waals surface area (Å²) < 4.78 is 5.88. The summed E-state index contributed by atoms with van der Waals surface area (Å²) in [5, 5.41) is 4.58. The fourth-order valence-corrected chi connectivity index (χ4v) is 5.48. The molecule has 1 amide bonds. The third-order valence-corrected chi connectivity index (χ3v) is 7.33. The smallest absolute Gasteiger partial charge is 0.338 e. The molecule has 1 fully saturated rings. The number of benzene rings is 1. The lowest BCUT2D eigenvalue weighted by Gasteiger charge is -2.30. The topological polar surface area (TPSA) is 97.3 Å². The highest BCUT2D eigenvalue weighted by Gasteiger charge is 2.21. The van der Waals surface area contributed by atoms with Crippen LogP contribution in [0, 0.1) is 5.92 Å². The number of hydrogen-bond acceptors (Lipinski definition) is 9. The average Bonchev–Trinajstić information content (AvgIpc) is 3.23. The van der Waals surface area contributed by atoms with Crippen LogP contribution < -0.4 is 10.2 Å². The first-order valence-electron chi connectivity index (χ1n) is 10.6. The van der Waals surface area contributed by atoms with Gasteiger partial charge in [-0.1, -0.05) is 30.0 Å². The number of aromatic nitrogens is 3. The van der Waals surface area contributed by atoms with E-state index in [0.29, 0.717) is 29.4 Å². The predicted octanol–water partition coefficient (Wildman–Crippen LogP) is 4.23. The number of nitrogens with zero attached hydrogens (tertiary/aromatic N) is 4. The number of carbonyl (C=O) groups is 2. The zero-order valence-corrected chi connectivity index (χ0v) is 19.7. The molecule has 1 aliphatic heterocycles. The van der Waals surface area contributed by atoms with Crippen molar-refractivity contribution in [3.63, 3.8) is 0 Å². The van der Waals surface area contributed by atoms with E-state index in [9.17, 15) is 9.59 Å². The monoisotopic (exact) mass is 471 g/mol. The maximum Gasteiger partial charge on any atom is 0.338 e. The molecule has 1 atom stereocenters. The highest BCUT2D eigenvalue weighted by atomic mass is 32.2. The summed E-state index contributed by atoms with van der Waals surface area (Å²) in [5.41, 5.74) is 1.75. The van der Waals surface area contributed by atoms with Gasteiger partial charge in [-0.05, 0) is 49.9 Å². The second kappa shape index (κ2) is 10.3. The van der Waals surface area contributed by atoms with Crippen molar-refractivity contribution in [1.82, 2.24) is 15.0 Å². The van der Waals surface area contributed by atoms with Crippen molar-refractivity contribution >= 4 is 56.1 Å². The van der Waals surface area contributed by atoms with Gasteiger partial charge in [-0.2, -0.15) is 4.98 Å². The molecule has 1 N–H and O–H groups in total. The fraction of sp³-hybridized carbons (Fsp3) is 0.409. The molecule has 0 bridgehead atoms. The van der Waals surface area contributed by atoms with Crippen molar-refractivity contribution in [2.24, 2.45) is 5.92 Å². The molecule has 0 radical (unpaired) electrons. The van der Waals surface area contributed by atoms with Gasteiger partial charge >= 0.3 is 5.97 Å². The number of anilines is 2. The van der Waals surface area contributed by atoms with Gasteiger partial charge in [0, 0.05) is 18.8 Å². The molecule has 168 valence electrons. The number of hydrogen-bond donors (Lipinski definition) is 1. The molecular weight excluding hydrogens is 446 g/mol. The fourth-order valence-electron chi connectivity index (χ4n) is 3.56. The maximum absolute atomic E-state index is 12.4. The summed E-state index contributed by atoms with van der Waals surface area (Å²) in [4.78, 5) is 39.9. The van der Waals surface area contributed by atoms with Crippen LogP contribution in [0.3, 0.4) is 0 Å². The second-order valence-corrected chi connectivity index (χ2v) is 9.60. The molecule has 10 heteroatoms. The molecule has 0 aliphatic carbocycles. The Balaban J connectivity index is 1.38. The van der Waals surface area contributed by atoms with E-state index in [1.54, 1.807) is 42.5 Å². The van der Waals surface area contributed by atoms with Gasteiger partial charge in [-0.15, -0.1) is 0 Å². The van der Waals surface area contributed by atoms with Crippen LogP contribution in [0.2, 0.25) is 0 Å². The molecular formula is C22H25N5O3S2. The number of nitrogens with one attached hydrogen (secondary N) is 1. The molecule has 1 aliphatic rings. The average molecular weight is 472 g/mol. The summed E-state index contributed by atoms with van der Waals surface area (Å²) in [6, 6.07) is 6.64. The number of esters is 1. The molecule has 4 rings (SSSR count). The Labute approximate surface area is 194 Å². The van der Waals surface area contributed by atoms with Crippen molar-refractivity contribution in [3.05, 3.63) is 36.2 Å². The highest BCUT2D eigenvalue weighted by molar-refractivity contribution is 8.00. The van der Waals surface area contributed by atoms with E-state index in [4.69, 9.17) is 9.72 Å². The van der Waals surface area contributed by atoms with Gasteiger partial charge in [0.15, 0.2) is 10.8 Å². The van der Waals surface area contributed by atoms with Crippen molar-refractivity contribution < 1.29 is 14.3 Å². The van der Waals surface area contributed by atoms with Crippen molar-refractivity contribution in [3.8, 4) is 0 Å². The minimum Gasteiger partial charge on any atom is -0.462 e. The lowest BCUT2D eigenvalue weighted by Crippen LogP contribution is -2.34. The summed E-state index contributed by atoms with van der Waals surface area (Å²) in [6.07, 6.45) is 3.92. The van der Waals surface area contributed by atoms with Crippen molar-refractivity contribution in [2.75, 3.05) is 35.7 Å². The van der Waals surface area contributed by atoms with Gasteiger partial charge in [-0.25, -0.2) is 14.8 Å². The van der Waals surface area contributed by atoms with Gasteiger partial charge in [-0.3, -0.25) is 4.79 Å². The molecule has 2 aromatic heterocycles. The van der Waals surface area contributed by atoms with Crippen LogP contribution in [-0.4, -0.2) is 52.3 Å². The van der Waals surface area contributed by atoms with Gasteiger partial charge in [0.2, 0.25) is 5.91 Å². The second-order valence-electron chi connectivity index (χ2n) is 7.66. The lowest BCUT2D eigenvalue weighted by molar-refractivity contribution is -0.113. The van der Waals surface area contributed by atoms with Crippen molar-refractivity contribution in [1.29, 1.82) is 0 Å². The van der Waals surface area contributed by atoms with E-state index < -0.39 is 0 Å². The molecule has 3 aromatic rings. The summed E-state index contributed by atoms with van der Waals surface area (Å²) >= 11 is 2.96. The molecule has 3 heterocycles. The number of fused-ring (bicyclic) bond motifs is 1. The zero-order valence-electron chi connectivity index (χ0n) is 18.0. The van der Waals surface area contributed by atoms with Gasteiger partial charge < -0.3 is 15.0 Å². The van der Waals surface area contributed by atoms with Crippen molar-refractivity contribution in [2.45, 2.75) is 31.7 Å². The van der Waals surface area contributed by atoms with E-state index >= 15 is 0 Å². The Morgan fingerprint density at radius 1 is 1.28 bits per heavy atom. The number of thioether (sulfide) groups is 1. The van der Waals surface area contributed by atoms with E-state index in [2.05, 4.69) is 27.1 Å². The van der Waals surface area contributed by atoms with E-state index in [1.165, 1.54) is 30.9 Å².